The Labute approximate surface area is 167 Å². The van der Waals surface area contributed by atoms with Crippen molar-refractivity contribution in [3.05, 3.63) is 57.4 Å². The molecule has 0 amide bonds. The van der Waals surface area contributed by atoms with Crippen molar-refractivity contribution in [3.63, 3.8) is 0 Å². The number of phenols is 1. The summed E-state index contributed by atoms with van der Waals surface area (Å²) in [6, 6.07) is 8.51. The number of benzene rings is 1. The minimum absolute atomic E-state index is 0.0886. The molecule has 0 aliphatic carbocycles. The van der Waals surface area contributed by atoms with Crippen LogP contribution in [-0.4, -0.2) is 25.7 Å². The number of carbonyl (C=O) groups excluding carboxylic acids is 1. The predicted molar refractivity (Wildman–Crippen MR) is 104 cm³/mol. The standard InChI is InChI=1S/C20H15BrN2O5/c1-2-20(27)12-7-14-16-10(6-9-13(22-16)4-3-5-15(9)24)17(21)23(14)18(25)11(12)8-28-19(20)26/h3-7,17,24,27H,2,8H2,1H3/t17?,20-/m0/s1. The van der Waals surface area contributed by atoms with Gasteiger partial charge in [0.25, 0.3) is 5.56 Å². The fourth-order valence-corrected chi connectivity index (χ4v) is 4.76. The normalized spacial score (nSPS) is 22.5. The van der Waals surface area contributed by atoms with Gasteiger partial charge >= 0.3 is 5.97 Å². The monoisotopic (exact) mass is 442 g/mol. The highest BCUT2D eigenvalue weighted by atomic mass is 79.9. The van der Waals surface area contributed by atoms with E-state index in [1.165, 1.54) is 4.57 Å². The van der Waals surface area contributed by atoms with Gasteiger partial charge in [0.1, 0.15) is 17.3 Å². The third kappa shape index (κ3) is 2.04. The summed E-state index contributed by atoms with van der Waals surface area (Å²) < 4.78 is 6.61. The van der Waals surface area contributed by atoms with Gasteiger partial charge in [-0.15, -0.1) is 0 Å². The molecule has 0 bridgehead atoms. The highest BCUT2D eigenvalue weighted by Gasteiger charge is 2.46. The van der Waals surface area contributed by atoms with Crippen LogP contribution in [-0.2, 0) is 21.7 Å². The third-order valence-electron chi connectivity index (χ3n) is 5.58. The van der Waals surface area contributed by atoms with Gasteiger partial charge in [0.15, 0.2) is 5.60 Å². The number of ether oxygens (including phenoxy) is 1. The van der Waals surface area contributed by atoms with E-state index in [1.54, 1.807) is 37.3 Å². The first-order chi connectivity index (χ1) is 13.4. The molecule has 0 saturated heterocycles. The van der Waals surface area contributed by atoms with E-state index in [4.69, 9.17) is 4.74 Å². The zero-order valence-corrected chi connectivity index (χ0v) is 16.4. The molecule has 2 aromatic heterocycles. The van der Waals surface area contributed by atoms with Gasteiger partial charge in [-0.05, 0) is 30.7 Å². The van der Waals surface area contributed by atoms with E-state index in [2.05, 4.69) is 20.9 Å². The van der Waals surface area contributed by atoms with Crippen molar-refractivity contribution < 1.29 is 19.7 Å². The number of aliphatic hydroxyl groups is 1. The maximum atomic E-state index is 13.2. The Morgan fingerprint density at radius 2 is 2.14 bits per heavy atom. The molecular formula is C20H15BrN2O5. The maximum absolute atomic E-state index is 13.2. The minimum atomic E-state index is -1.86. The number of pyridine rings is 2. The number of carbonyl (C=O) groups is 1. The summed E-state index contributed by atoms with van der Waals surface area (Å²) in [5.74, 6) is -0.647. The summed E-state index contributed by atoms with van der Waals surface area (Å²) >= 11 is 3.55. The number of rotatable bonds is 1. The van der Waals surface area contributed by atoms with Crippen molar-refractivity contribution in [1.82, 2.24) is 9.55 Å². The van der Waals surface area contributed by atoms with Gasteiger partial charge in [0.2, 0.25) is 0 Å². The largest absolute Gasteiger partial charge is 0.507 e. The summed E-state index contributed by atoms with van der Waals surface area (Å²) in [7, 11) is 0. The van der Waals surface area contributed by atoms with Crippen LogP contribution in [0.3, 0.4) is 0 Å². The van der Waals surface area contributed by atoms with E-state index in [0.717, 1.165) is 5.56 Å². The molecule has 1 aromatic carbocycles. The minimum Gasteiger partial charge on any atom is -0.507 e. The number of cyclic esters (lactones) is 1. The number of halogens is 1. The van der Waals surface area contributed by atoms with Crippen LogP contribution in [0.2, 0.25) is 0 Å². The van der Waals surface area contributed by atoms with Gasteiger partial charge in [-0.2, -0.15) is 0 Å². The number of esters is 1. The van der Waals surface area contributed by atoms with E-state index in [9.17, 15) is 19.8 Å². The summed E-state index contributed by atoms with van der Waals surface area (Å²) in [5, 5.41) is 21.6. The molecule has 142 valence electrons. The molecule has 0 spiro atoms. The second kappa shape index (κ2) is 5.65. The molecule has 2 aliphatic heterocycles. The summed E-state index contributed by atoms with van der Waals surface area (Å²) in [6.45, 7) is 1.48. The fourth-order valence-electron chi connectivity index (χ4n) is 4.00. The zero-order valence-electron chi connectivity index (χ0n) is 14.8. The van der Waals surface area contributed by atoms with E-state index in [0.29, 0.717) is 22.3 Å². The van der Waals surface area contributed by atoms with Crippen LogP contribution >= 0.6 is 15.9 Å². The van der Waals surface area contributed by atoms with Crippen LogP contribution in [0.4, 0.5) is 0 Å². The number of fused-ring (bicyclic) bond motifs is 5. The number of nitrogens with zero attached hydrogens (tertiary/aromatic N) is 2. The lowest BCUT2D eigenvalue weighted by atomic mass is 9.86. The predicted octanol–water partition coefficient (Wildman–Crippen LogP) is 2.68. The lowest BCUT2D eigenvalue weighted by molar-refractivity contribution is -0.172. The van der Waals surface area contributed by atoms with Gasteiger partial charge in [-0.3, -0.25) is 9.36 Å². The Hall–Kier alpha value is -2.71. The first-order valence-electron chi connectivity index (χ1n) is 8.82. The lowest BCUT2D eigenvalue weighted by Crippen LogP contribution is -2.44. The van der Waals surface area contributed by atoms with E-state index >= 15 is 0 Å². The second-order valence-electron chi connectivity index (χ2n) is 6.99. The number of phenolic OH excluding ortho intramolecular Hbond substituents is 1. The molecule has 0 radical (unpaired) electrons. The molecule has 2 atom stereocenters. The smallest absolute Gasteiger partial charge is 0.343 e. The Morgan fingerprint density at radius 1 is 1.36 bits per heavy atom. The Bertz CT molecular complexity index is 1250. The summed E-state index contributed by atoms with van der Waals surface area (Å²) in [6.07, 6.45) is 0.0886. The molecule has 2 N–H and O–H groups in total. The summed E-state index contributed by atoms with van der Waals surface area (Å²) in [5.41, 5.74) is 0.708. The highest BCUT2D eigenvalue weighted by Crippen LogP contribution is 2.45. The van der Waals surface area contributed by atoms with E-state index < -0.39 is 16.5 Å². The fraction of sp³-hybridized carbons (Fsp3) is 0.250. The molecular weight excluding hydrogens is 428 g/mol. The van der Waals surface area contributed by atoms with E-state index in [1.807, 2.05) is 0 Å². The van der Waals surface area contributed by atoms with Gasteiger partial charge in [0.05, 0.1) is 22.5 Å². The number of hydrogen-bond acceptors (Lipinski definition) is 6. The second-order valence-corrected chi connectivity index (χ2v) is 7.86. The van der Waals surface area contributed by atoms with Crippen LogP contribution in [0.15, 0.2) is 35.1 Å². The van der Waals surface area contributed by atoms with Crippen molar-refractivity contribution in [2.75, 3.05) is 0 Å². The number of aromatic hydroxyl groups is 1. The lowest BCUT2D eigenvalue weighted by Gasteiger charge is -2.31. The van der Waals surface area contributed by atoms with Gasteiger partial charge in [-0.25, -0.2) is 9.78 Å². The van der Waals surface area contributed by atoms with E-state index in [-0.39, 0.29) is 35.5 Å². The third-order valence-corrected chi connectivity index (χ3v) is 6.48. The Kier molecular flexibility index (Phi) is 3.51. The average Bonchev–Trinajstić information content (AvgIpc) is 2.96. The first-order valence-corrected chi connectivity index (χ1v) is 9.74. The van der Waals surface area contributed by atoms with Crippen LogP contribution in [0.5, 0.6) is 5.75 Å². The molecule has 4 heterocycles. The topological polar surface area (TPSA) is 102 Å². The molecule has 3 aromatic rings. The van der Waals surface area contributed by atoms with Crippen LogP contribution in [0.25, 0.3) is 22.3 Å². The van der Waals surface area contributed by atoms with Gasteiger partial charge < -0.3 is 14.9 Å². The van der Waals surface area contributed by atoms with Gasteiger partial charge in [-0.1, -0.05) is 28.9 Å². The molecule has 5 rings (SSSR count). The molecule has 1 unspecified atom stereocenters. The quantitative estimate of drug-likeness (QED) is 0.443. The van der Waals surface area contributed by atoms with Crippen molar-refractivity contribution in [2.24, 2.45) is 0 Å². The SMILES string of the molecule is CC[C@@]1(O)C(=O)OCc2c1cc1n(c2=O)C(Br)c2cc3c(O)cccc3nc2-1. The Morgan fingerprint density at radius 3 is 2.89 bits per heavy atom. The highest BCUT2D eigenvalue weighted by molar-refractivity contribution is 9.09. The molecule has 2 aliphatic rings. The first kappa shape index (κ1) is 17.4. The van der Waals surface area contributed by atoms with Crippen molar-refractivity contribution >= 4 is 32.8 Å². The number of hydrogen-bond donors (Lipinski definition) is 2. The van der Waals surface area contributed by atoms with Crippen molar-refractivity contribution in [3.8, 4) is 17.1 Å². The van der Waals surface area contributed by atoms with Crippen LogP contribution in [0.1, 0.15) is 35.0 Å². The maximum Gasteiger partial charge on any atom is 0.343 e. The molecule has 8 heteroatoms. The molecule has 28 heavy (non-hydrogen) atoms. The van der Waals surface area contributed by atoms with Crippen LogP contribution in [0, 0.1) is 0 Å². The van der Waals surface area contributed by atoms with Gasteiger partial charge in [0, 0.05) is 16.5 Å². The average molecular weight is 443 g/mol. The number of aromatic nitrogens is 2. The zero-order chi connectivity index (χ0) is 19.8. The summed E-state index contributed by atoms with van der Waals surface area (Å²) in [4.78, 5) is 29.6. The van der Waals surface area contributed by atoms with Crippen LogP contribution < -0.4 is 5.56 Å². The molecule has 7 nitrogen and oxygen atoms in total. The van der Waals surface area contributed by atoms with Crippen molar-refractivity contribution in [1.29, 1.82) is 0 Å². The molecule has 0 fully saturated rings. The Balaban J connectivity index is 1.85. The molecule has 0 saturated carbocycles. The number of alkyl halides is 1. The van der Waals surface area contributed by atoms with Crippen molar-refractivity contribution in [2.45, 2.75) is 30.5 Å².